The SMILES string of the molecule is C[C@@H](O)[C@H](NC(=O)c1ccc(-c2ccc(-n3cccc3)cc2)cc1)C(=O)NO. The second-order valence-electron chi connectivity index (χ2n) is 6.38. The van der Waals surface area contributed by atoms with E-state index >= 15 is 0 Å². The number of hydrogen-bond acceptors (Lipinski definition) is 4. The number of benzene rings is 2. The summed E-state index contributed by atoms with van der Waals surface area (Å²) in [5.74, 6) is -1.41. The van der Waals surface area contributed by atoms with E-state index in [2.05, 4.69) is 5.32 Å². The molecule has 0 saturated heterocycles. The molecule has 0 bridgehead atoms. The summed E-state index contributed by atoms with van der Waals surface area (Å²) in [6.07, 6.45) is 2.79. The zero-order chi connectivity index (χ0) is 20.1. The van der Waals surface area contributed by atoms with Gasteiger partial charge >= 0.3 is 0 Å². The van der Waals surface area contributed by atoms with Crippen molar-refractivity contribution in [2.45, 2.75) is 19.1 Å². The Bertz CT molecular complexity index is 933. The van der Waals surface area contributed by atoms with E-state index < -0.39 is 24.0 Å². The smallest absolute Gasteiger partial charge is 0.268 e. The minimum Gasteiger partial charge on any atom is -0.391 e. The van der Waals surface area contributed by atoms with Crippen LogP contribution in [0.1, 0.15) is 17.3 Å². The number of carbonyl (C=O) groups excluding carboxylic acids is 2. The van der Waals surface area contributed by atoms with Gasteiger partial charge in [-0.05, 0) is 54.4 Å². The monoisotopic (exact) mass is 379 g/mol. The lowest BCUT2D eigenvalue weighted by molar-refractivity contribution is -0.133. The Hall–Kier alpha value is -3.42. The van der Waals surface area contributed by atoms with Crippen molar-refractivity contribution in [3.63, 3.8) is 0 Å². The van der Waals surface area contributed by atoms with Gasteiger partial charge in [0.15, 0.2) is 0 Å². The first-order chi connectivity index (χ1) is 13.5. The maximum absolute atomic E-state index is 12.3. The van der Waals surface area contributed by atoms with Crippen LogP contribution in [0.2, 0.25) is 0 Å². The number of hydrogen-bond donors (Lipinski definition) is 4. The largest absolute Gasteiger partial charge is 0.391 e. The normalized spacial score (nSPS) is 12.8. The van der Waals surface area contributed by atoms with Gasteiger partial charge in [0.1, 0.15) is 6.04 Å². The minimum atomic E-state index is -1.25. The van der Waals surface area contributed by atoms with Crippen LogP contribution in [-0.2, 0) is 4.79 Å². The van der Waals surface area contributed by atoms with Gasteiger partial charge in [0.05, 0.1) is 6.10 Å². The summed E-state index contributed by atoms with van der Waals surface area (Å²) in [5, 5.41) is 20.7. The van der Waals surface area contributed by atoms with Crippen molar-refractivity contribution in [2.75, 3.05) is 0 Å². The van der Waals surface area contributed by atoms with Gasteiger partial charge in [-0.25, -0.2) is 5.48 Å². The van der Waals surface area contributed by atoms with Crippen LogP contribution in [-0.4, -0.2) is 38.8 Å². The Kier molecular flexibility index (Phi) is 5.88. The number of nitrogens with zero attached hydrogens (tertiary/aromatic N) is 1. The highest BCUT2D eigenvalue weighted by molar-refractivity contribution is 5.97. The third kappa shape index (κ3) is 4.28. The summed E-state index contributed by atoms with van der Waals surface area (Å²) in [6.45, 7) is 1.35. The number of hydroxylamine groups is 1. The van der Waals surface area contributed by atoms with Gasteiger partial charge in [0.25, 0.3) is 11.8 Å². The summed E-state index contributed by atoms with van der Waals surface area (Å²) in [4.78, 5) is 23.9. The Balaban J connectivity index is 1.72. The van der Waals surface area contributed by atoms with Crippen molar-refractivity contribution in [1.29, 1.82) is 0 Å². The second-order valence-corrected chi connectivity index (χ2v) is 6.38. The highest BCUT2D eigenvalue weighted by Crippen LogP contribution is 2.22. The maximum Gasteiger partial charge on any atom is 0.268 e. The lowest BCUT2D eigenvalue weighted by Gasteiger charge is -2.19. The summed E-state index contributed by atoms with van der Waals surface area (Å²) in [6, 6.07) is 17.6. The third-order valence-electron chi connectivity index (χ3n) is 4.41. The standard InChI is InChI=1S/C21H21N3O4/c1-14(25)19(21(27)23-28)22-20(26)17-6-4-15(5-7-17)16-8-10-18(11-9-16)24-12-2-3-13-24/h2-14,19,25,28H,1H3,(H,22,26)(H,23,27)/t14-,19+/m1/s1. The molecule has 2 amide bonds. The molecule has 4 N–H and O–H groups in total. The number of carbonyl (C=O) groups is 2. The van der Waals surface area contributed by atoms with Gasteiger partial charge in [-0.15, -0.1) is 0 Å². The van der Waals surface area contributed by atoms with E-state index in [0.717, 1.165) is 16.8 Å². The molecule has 1 heterocycles. The molecule has 2 atom stereocenters. The highest BCUT2D eigenvalue weighted by Gasteiger charge is 2.25. The average molecular weight is 379 g/mol. The molecule has 7 nitrogen and oxygen atoms in total. The van der Waals surface area contributed by atoms with Crippen LogP contribution >= 0.6 is 0 Å². The molecule has 0 aliphatic heterocycles. The number of aromatic nitrogens is 1. The molecule has 3 rings (SSSR count). The van der Waals surface area contributed by atoms with E-state index in [1.807, 2.05) is 65.5 Å². The van der Waals surface area contributed by atoms with Gasteiger partial charge in [-0.1, -0.05) is 24.3 Å². The van der Waals surface area contributed by atoms with Crippen LogP contribution in [0.4, 0.5) is 0 Å². The molecule has 0 aliphatic carbocycles. The zero-order valence-electron chi connectivity index (χ0n) is 15.2. The number of aliphatic hydroxyl groups is 1. The fraction of sp³-hybridized carbons (Fsp3) is 0.143. The molecule has 7 heteroatoms. The number of rotatable bonds is 6. The zero-order valence-corrected chi connectivity index (χ0v) is 15.2. The molecule has 144 valence electrons. The quantitative estimate of drug-likeness (QED) is 0.389. The molecular formula is C21H21N3O4. The molecule has 1 aromatic heterocycles. The van der Waals surface area contributed by atoms with E-state index in [1.165, 1.54) is 12.4 Å². The molecule has 28 heavy (non-hydrogen) atoms. The first-order valence-corrected chi connectivity index (χ1v) is 8.76. The van der Waals surface area contributed by atoms with Crippen LogP contribution in [0.25, 0.3) is 16.8 Å². The summed E-state index contributed by atoms with van der Waals surface area (Å²) in [7, 11) is 0. The Morgan fingerprint density at radius 2 is 1.46 bits per heavy atom. The van der Waals surface area contributed by atoms with E-state index in [4.69, 9.17) is 5.21 Å². The highest BCUT2D eigenvalue weighted by atomic mass is 16.5. The second kappa shape index (κ2) is 8.51. The van der Waals surface area contributed by atoms with Gasteiger partial charge < -0.3 is 15.0 Å². The van der Waals surface area contributed by atoms with Crippen molar-refractivity contribution in [3.05, 3.63) is 78.6 Å². The average Bonchev–Trinajstić information content (AvgIpc) is 3.26. The fourth-order valence-electron chi connectivity index (χ4n) is 2.85. The molecule has 2 aromatic carbocycles. The first kappa shape index (κ1) is 19.3. The van der Waals surface area contributed by atoms with Crippen LogP contribution in [0.3, 0.4) is 0 Å². The van der Waals surface area contributed by atoms with Crippen molar-refractivity contribution in [3.8, 4) is 16.8 Å². The van der Waals surface area contributed by atoms with E-state index in [0.29, 0.717) is 5.56 Å². The number of amides is 2. The van der Waals surface area contributed by atoms with Crippen molar-refractivity contribution >= 4 is 11.8 Å². The Morgan fingerprint density at radius 3 is 1.96 bits per heavy atom. The van der Waals surface area contributed by atoms with Gasteiger partial charge in [0.2, 0.25) is 0 Å². The lowest BCUT2D eigenvalue weighted by atomic mass is 10.0. The van der Waals surface area contributed by atoms with Crippen LogP contribution in [0, 0.1) is 0 Å². The molecule has 0 saturated carbocycles. The topological polar surface area (TPSA) is 104 Å². The van der Waals surface area contributed by atoms with Gasteiger partial charge in [-0.3, -0.25) is 14.8 Å². The lowest BCUT2D eigenvalue weighted by Crippen LogP contribution is -2.51. The number of nitrogens with one attached hydrogen (secondary N) is 2. The Morgan fingerprint density at radius 1 is 0.929 bits per heavy atom. The molecule has 0 spiro atoms. The van der Waals surface area contributed by atoms with Gasteiger partial charge in [0, 0.05) is 23.6 Å². The molecule has 0 unspecified atom stereocenters. The van der Waals surface area contributed by atoms with Crippen molar-refractivity contribution < 1.29 is 19.9 Å². The van der Waals surface area contributed by atoms with E-state index in [9.17, 15) is 14.7 Å². The van der Waals surface area contributed by atoms with Gasteiger partial charge in [-0.2, -0.15) is 0 Å². The van der Waals surface area contributed by atoms with Crippen LogP contribution < -0.4 is 10.8 Å². The molecular weight excluding hydrogens is 358 g/mol. The first-order valence-electron chi connectivity index (χ1n) is 8.76. The van der Waals surface area contributed by atoms with E-state index in [1.54, 1.807) is 12.1 Å². The van der Waals surface area contributed by atoms with Crippen LogP contribution in [0.15, 0.2) is 73.1 Å². The predicted octanol–water partition coefficient (Wildman–Crippen LogP) is 2.13. The van der Waals surface area contributed by atoms with E-state index in [-0.39, 0.29) is 0 Å². The molecule has 0 radical (unpaired) electrons. The molecule has 0 fully saturated rings. The maximum atomic E-state index is 12.3. The number of aliphatic hydroxyl groups excluding tert-OH is 1. The minimum absolute atomic E-state index is 0.337. The van der Waals surface area contributed by atoms with Crippen LogP contribution in [0.5, 0.6) is 0 Å². The summed E-state index contributed by atoms with van der Waals surface area (Å²) >= 11 is 0. The summed E-state index contributed by atoms with van der Waals surface area (Å²) in [5.41, 5.74) is 4.77. The third-order valence-corrected chi connectivity index (χ3v) is 4.41. The summed E-state index contributed by atoms with van der Waals surface area (Å²) < 4.78 is 2.01. The predicted molar refractivity (Wildman–Crippen MR) is 104 cm³/mol. The molecule has 3 aromatic rings. The van der Waals surface area contributed by atoms with Crippen molar-refractivity contribution in [1.82, 2.24) is 15.4 Å². The van der Waals surface area contributed by atoms with Crippen molar-refractivity contribution in [2.24, 2.45) is 0 Å². The Labute approximate surface area is 162 Å². The fourth-order valence-corrected chi connectivity index (χ4v) is 2.85. The molecule has 0 aliphatic rings.